The molecule has 0 aromatic carbocycles. The van der Waals surface area contributed by atoms with E-state index in [2.05, 4.69) is 53.0 Å². The van der Waals surface area contributed by atoms with Gasteiger partial charge in [-0.05, 0) is 16.6 Å². The number of rotatable bonds is 6. The second-order valence-corrected chi connectivity index (χ2v) is 12.8. The molecule has 1 fully saturated rings. The van der Waals surface area contributed by atoms with Gasteiger partial charge in [-0.3, -0.25) is 9.59 Å². The van der Waals surface area contributed by atoms with E-state index in [4.69, 9.17) is 4.84 Å². The Morgan fingerprint density at radius 3 is 1.92 bits per heavy atom. The quantitative estimate of drug-likeness (QED) is 0.417. The summed E-state index contributed by atoms with van der Waals surface area (Å²) in [4.78, 5) is 39.5. The van der Waals surface area contributed by atoms with Gasteiger partial charge in [-0.25, -0.2) is 4.79 Å². The van der Waals surface area contributed by atoms with Crippen molar-refractivity contribution in [2.24, 2.45) is 0 Å². The lowest BCUT2D eigenvalue weighted by atomic mass is 10.3. The van der Waals surface area contributed by atoms with Crippen molar-refractivity contribution in [3.05, 3.63) is 0 Å². The predicted molar refractivity (Wildman–Crippen MR) is 95.2 cm³/mol. The maximum Gasteiger partial charge on any atom is 0.334 e. The average molecular weight is 352 g/mol. The Morgan fingerprint density at radius 1 is 1.04 bits per heavy atom. The van der Waals surface area contributed by atoms with E-state index in [1.165, 1.54) is 0 Å². The van der Waals surface area contributed by atoms with Crippen LogP contribution in [0.3, 0.4) is 0 Å². The summed E-state index contributed by atoms with van der Waals surface area (Å²) < 4.78 is 0. The fourth-order valence-electron chi connectivity index (χ4n) is 3.62. The Kier molecular flexibility index (Phi) is 7.21. The molecule has 0 aromatic heterocycles. The van der Waals surface area contributed by atoms with Crippen molar-refractivity contribution in [1.29, 1.82) is 0 Å². The number of nitrogens with zero attached hydrogens (tertiary/aromatic N) is 1. The maximum absolute atomic E-state index is 11.8. The van der Waals surface area contributed by atoms with Crippen LogP contribution in [0.25, 0.3) is 0 Å². The second kappa shape index (κ2) is 8.47. The molecule has 134 valence electrons. The average Bonchev–Trinajstić information content (AvgIpc) is 2.78. The van der Waals surface area contributed by atoms with Gasteiger partial charge < -0.3 is 4.84 Å². The molecular weight excluding hydrogens is 322 g/mol. The van der Waals surface area contributed by atoms with Gasteiger partial charge in [0.15, 0.2) is 0 Å². The number of imide groups is 1. The highest BCUT2D eigenvalue weighted by Gasteiger charge is 2.41. The Balaban J connectivity index is 2.65. The van der Waals surface area contributed by atoms with Crippen molar-refractivity contribution >= 4 is 25.9 Å². The summed E-state index contributed by atoms with van der Waals surface area (Å²) in [6.45, 7) is 13.4. The number of hydrogen-bond acceptors (Lipinski definition) is 4. The topological polar surface area (TPSA) is 63.7 Å². The van der Waals surface area contributed by atoms with E-state index >= 15 is 0 Å². The van der Waals surface area contributed by atoms with Gasteiger partial charge in [-0.15, -0.1) is 16.5 Å². The predicted octanol–water partition coefficient (Wildman–Crippen LogP) is 3.60. The highest BCUT2D eigenvalue weighted by atomic mass is 28.3. The highest BCUT2D eigenvalue weighted by molar-refractivity contribution is 6.90. The molecule has 2 amide bonds. The zero-order chi connectivity index (χ0) is 18.5. The molecule has 6 heteroatoms. The number of amides is 2. The Morgan fingerprint density at radius 2 is 1.50 bits per heavy atom. The SMILES string of the molecule is CC(C)[Si](C#CCCC(=O)ON1C(=O)CCC1=O)(C(C)C)C(C)C. The van der Waals surface area contributed by atoms with Gasteiger partial charge in [0.1, 0.15) is 8.07 Å². The second-order valence-electron chi connectivity index (χ2n) is 7.24. The first-order valence-electron chi connectivity index (χ1n) is 8.69. The van der Waals surface area contributed by atoms with Gasteiger partial charge in [0.25, 0.3) is 11.8 Å². The first-order chi connectivity index (χ1) is 11.1. The zero-order valence-corrected chi connectivity index (χ0v) is 16.6. The first kappa shape index (κ1) is 20.4. The van der Waals surface area contributed by atoms with Crippen LogP contribution in [0.5, 0.6) is 0 Å². The minimum absolute atomic E-state index is 0.0861. The molecule has 0 radical (unpaired) electrons. The molecule has 5 nitrogen and oxygen atoms in total. The van der Waals surface area contributed by atoms with Crippen molar-refractivity contribution in [2.75, 3.05) is 0 Å². The van der Waals surface area contributed by atoms with Crippen LogP contribution in [0.15, 0.2) is 0 Å². The van der Waals surface area contributed by atoms with Crippen molar-refractivity contribution < 1.29 is 19.2 Å². The van der Waals surface area contributed by atoms with Gasteiger partial charge in [-0.1, -0.05) is 41.5 Å². The number of hydroxylamine groups is 2. The summed E-state index contributed by atoms with van der Waals surface area (Å²) in [5, 5.41) is 0.588. The van der Waals surface area contributed by atoms with Crippen LogP contribution >= 0.6 is 0 Å². The summed E-state index contributed by atoms with van der Waals surface area (Å²) >= 11 is 0. The summed E-state index contributed by atoms with van der Waals surface area (Å²) in [5.74, 6) is 1.68. The van der Waals surface area contributed by atoms with Crippen LogP contribution < -0.4 is 0 Å². The van der Waals surface area contributed by atoms with Crippen molar-refractivity contribution in [2.45, 2.75) is 83.8 Å². The van der Waals surface area contributed by atoms with E-state index in [9.17, 15) is 14.4 Å². The molecule has 1 saturated heterocycles. The molecule has 24 heavy (non-hydrogen) atoms. The van der Waals surface area contributed by atoms with Crippen LogP contribution in [0.2, 0.25) is 16.6 Å². The molecule has 0 saturated carbocycles. The van der Waals surface area contributed by atoms with Gasteiger partial charge >= 0.3 is 5.97 Å². The summed E-state index contributed by atoms with van der Waals surface area (Å²) in [6.07, 6.45) is 0.688. The minimum atomic E-state index is -1.79. The van der Waals surface area contributed by atoms with Crippen LogP contribution in [0.1, 0.15) is 67.2 Å². The van der Waals surface area contributed by atoms with E-state index in [-0.39, 0.29) is 19.3 Å². The number of hydrogen-bond donors (Lipinski definition) is 0. The van der Waals surface area contributed by atoms with E-state index < -0.39 is 25.9 Å². The Labute approximate surface area is 146 Å². The van der Waals surface area contributed by atoms with E-state index in [0.29, 0.717) is 28.1 Å². The lowest BCUT2D eigenvalue weighted by Gasteiger charge is -2.38. The fraction of sp³-hybridized carbons (Fsp3) is 0.722. The van der Waals surface area contributed by atoms with Crippen molar-refractivity contribution in [3.8, 4) is 11.5 Å². The molecule has 1 aliphatic rings. The largest absolute Gasteiger partial charge is 0.334 e. The Hall–Kier alpha value is -1.61. The first-order valence-corrected chi connectivity index (χ1v) is 10.9. The van der Waals surface area contributed by atoms with Crippen LogP contribution in [-0.2, 0) is 19.2 Å². The molecule has 0 unspecified atom stereocenters. The third-order valence-electron chi connectivity index (χ3n) is 4.82. The standard InChI is InChI=1S/C18H29NO4Si/c1-13(2)24(14(3)4,15(5)6)12-8-7-9-18(22)23-19-16(20)10-11-17(19)21/h13-15H,7,9-11H2,1-6H3. The highest BCUT2D eigenvalue weighted by Crippen LogP contribution is 2.40. The molecule has 1 heterocycles. The lowest BCUT2D eigenvalue weighted by molar-refractivity contribution is -0.197. The van der Waals surface area contributed by atoms with Crippen molar-refractivity contribution in [1.82, 2.24) is 5.06 Å². The van der Waals surface area contributed by atoms with Crippen LogP contribution in [0.4, 0.5) is 0 Å². The molecule has 0 bridgehead atoms. The lowest BCUT2D eigenvalue weighted by Crippen LogP contribution is -2.43. The minimum Gasteiger partial charge on any atom is -0.330 e. The molecule has 0 aliphatic carbocycles. The Bertz CT molecular complexity index is 519. The third kappa shape index (κ3) is 4.47. The summed E-state index contributed by atoms with van der Waals surface area (Å²) in [5.41, 5.74) is 5.15. The van der Waals surface area contributed by atoms with Crippen LogP contribution in [-0.4, -0.2) is 30.9 Å². The van der Waals surface area contributed by atoms with Crippen LogP contribution in [0, 0.1) is 11.5 Å². The maximum atomic E-state index is 11.8. The fourth-order valence-corrected chi connectivity index (χ4v) is 8.92. The molecule has 1 aliphatic heterocycles. The smallest absolute Gasteiger partial charge is 0.330 e. The molecule has 0 N–H and O–H groups in total. The van der Waals surface area contributed by atoms with Gasteiger partial charge in [-0.2, -0.15) is 0 Å². The van der Waals surface area contributed by atoms with E-state index in [0.717, 1.165) is 0 Å². The number of carbonyl (C=O) groups excluding carboxylic acids is 3. The molecule has 1 rings (SSSR count). The molecule has 0 spiro atoms. The summed E-state index contributed by atoms with van der Waals surface area (Å²) in [6, 6.07) is 0. The van der Waals surface area contributed by atoms with Gasteiger partial charge in [0.05, 0.1) is 6.42 Å². The zero-order valence-electron chi connectivity index (χ0n) is 15.6. The molecule has 0 atom stereocenters. The molecule has 0 aromatic rings. The molecular formula is C18H29NO4Si. The van der Waals surface area contributed by atoms with Gasteiger partial charge in [0, 0.05) is 19.3 Å². The van der Waals surface area contributed by atoms with Gasteiger partial charge in [0.2, 0.25) is 0 Å². The van der Waals surface area contributed by atoms with E-state index in [1.54, 1.807) is 0 Å². The van der Waals surface area contributed by atoms with Crippen molar-refractivity contribution in [3.63, 3.8) is 0 Å². The normalized spacial score (nSPS) is 15.3. The number of carbonyl (C=O) groups is 3. The third-order valence-corrected chi connectivity index (χ3v) is 11.2. The monoisotopic (exact) mass is 351 g/mol. The van der Waals surface area contributed by atoms with E-state index in [1.807, 2.05) is 0 Å². The summed E-state index contributed by atoms with van der Waals surface area (Å²) in [7, 11) is -1.79.